The van der Waals surface area contributed by atoms with Crippen molar-refractivity contribution in [2.45, 2.75) is 50.1 Å². The molecule has 5 heteroatoms. The first-order chi connectivity index (χ1) is 9.06. The van der Waals surface area contributed by atoms with E-state index in [4.69, 9.17) is 15.2 Å². The summed E-state index contributed by atoms with van der Waals surface area (Å²) in [4.78, 5) is 5.02. The molecular weight excluding hydrogens is 242 g/mol. The average molecular weight is 271 g/mol. The highest BCUT2D eigenvalue weighted by Crippen LogP contribution is 2.32. The van der Waals surface area contributed by atoms with Crippen molar-refractivity contribution in [3.63, 3.8) is 0 Å². The molecule has 2 rings (SSSR count). The smallest absolute Gasteiger partial charge is 0.176 e. The lowest BCUT2D eigenvalue weighted by Crippen LogP contribution is -2.62. The Hall–Kier alpha value is -0.200. The minimum Gasteiger partial charge on any atom is -0.354 e. The van der Waals surface area contributed by atoms with Crippen LogP contribution in [0.5, 0.6) is 0 Å². The lowest BCUT2D eigenvalue weighted by molar-refractivity contribution is -0.182. The molecule has 5 nitrogen and oxygen atoms in total. The summed E-state index contributed by atoms with van der Waals surface area (Å²) in [6.45, 7) is 4.83. The Kier molecular flexibility index (Phi) is 4.84. The van der Waals surface area contributed by atoms with Crippen LogP contribution in [0.4, 0.5) is 0 Å². The number of nitrogens with zero attached hydrogens (tertiary/aromatic N) is 2. The Bertz CT molecular complexity index is 298. The van der Waals surface area contributed by atoms with Gasteiger partial charge in [0.05, 0.1) is 5.54 Å². The summed E-state index contributed by atoms with van der Waals surface area (Å²) in [7, 11) is 5.64. The van der Waals surface area contributed by atoms with Crippen LogP contribution in [-0.4, -0.2) is 74.6 Å². The van der Waals surface area contributed by atoms with Gasteiger partial charge in [0, 0.05) is 45.9 Å². The first kappa shape index (κ1) is 15.2. The van der Waals surface area contributed by atoms with E-state index in [1.807, 2.05) is 0 Å². The van der Waals surface area contributed by atoms with E-state index in [9.17, 15) is 0 Å². The fourth-order valence-electron chi connectivity index (χ4n) is 3.75. The standard InChI is InChI=1S/C14H29N3O2/c1-14(10-15,13(18-3)19-4)17-8-7-11-5-6-12(9-17)16(11)2/h11-13H,5-10,15H2,1-4H3. The molecule has 2 N–H and O–H groups in total. The molecule has 0 aromatic heterocycles. The van der Waals surface area contributed by atoms with Crippen molar-refractivity contribution in [1.82, 2.24) is 9.80 Å². The van der Waals surface area contributed by atoms with Crippen molar-refractivity contribution in [3.05, 3.63) is 0 Å². The molecule has 3 atom stereocenters. The molecule has 0 aromatic carbocycles. The Morgan fingerprint density at radius 1 is 1.21 bits per heavy atom. The zero-order valence-corrected chi connectivity index (χ0v) is 12.8. The van der Waals surface area contributed by atoms with Crippen molar-refractivity contribution in [2.24, 2.45) is 5.73 Å². The number of rotatable bonds is 5. The highest BCUT2D eigenvalue weighted by atomic mass is 16.7. The van der Waals surface area contributed by atoms with Crippen molar-refractivity contribution in [2.75, 3.05) is 40.9 Å². The number of hydrogen-bond donors (Lipinski definition) is 1. The maximum absolute atomic E-state index is 6.06. The van der Waals surface area contributed by atoms with Gasteiger partial charge in [-0.3, -0.25) is 9.80 Å². The molecule has 2 aliphatic rings. The molecule has 112 valence electrons. The van der Waals surface area contributed by atoms with E-state index in [1.54, 1.807) is 14.2 Å². The largest absolute Gasteiger partial charge is 0.354 e. The first-order valence-corrected chi connectivity index (χ1v) is 7.29. The minimum absolute atomic E-state index is 0.255. The number of likely N-dealkylation sites (N-methyl/N-ethyl adjacent to an activating group) is 1. The van der Waals surface area contributed by atoms with Crippen LogP contribution in [0.25, 0.3) is 0 Å². The Labute approximate surface area is 117 Å². The maximum Gasteiger partial charge on any atom is 0.176 e. The van der Waals surface area contributed by atoms with Gasteiger partial charge in [-0.05, 0) is 33.2 Å². The Balaban J connectivity index is 2.15. The van der Waals surface area contributed by atoms with E-state index < -0.39 is 0 Å². The van der Waals surface area contributed by atoms with E-state index >= 15 is 0 Å². The summed E-state index contributed by atoms with van der Waals surface area (Å²) in [5.74, 6) is 0. The predicted octanol–water partition coefficient (Wildman–Crippen LogP) is 0.491. The number of likely N-dealkylation sites (tertiary alicyclic amines) is 1. The lowest BCUT2D eigenvalue weighted by Gasteiger charge is -2.45. The lowest BCUT2D eigenvalue weighted by atomic mass is 9.96. The number of ether oxygens (including phenoxy) is 2. The summed E-state index contributed by atoms with van der Waals surface area (Å²) >= 11 is 0. The number of hydrogen-bond acceptors (Lipinski definition) is 5. The van der Waals surface area contributed by atoms with Crippen molar-refractivity contribution in [1.29, 1.82) is 0 Å². The molecule has 0 saturated carbocycles. The second-order valence-corrected chi connectivity index (χ2v) is 6.15. The fraction of sp³-hybridized carbons (Fsp3) is 1.00. The van der Waals surface area contributed by atoms with E-state index in [1.165, 1.54) is 19.3 Å². The normalized spacial score (nSPS) is 32.5. The Morgan fingerprint density at radius 3 is 2.42 bits per heavy atom. The highest BCUT2D eigenvalue weighted by Gasteiger charge is 2.44. The van der Waals surface area contributed by atoms with Gasteiger partial charge in [-0.25, -0.2) is 0 Å². The van der Waals surface area contributed by atoms with Gasteiger partial charge in [-0.1, -0.05) is 0 Å². The van der Waals surface area contributed by atoms with Crippen LogP contribution in [0.3, 0.4) is 0 Å². The molecule has 19 heavy (non-hydrogen) atoms. The van der Waals surface area contributed by atoms with Crippen LogP contribution < -0.4 is 5.73 Å². The number of methoxy groups -OCH3 is 2. The third-order valence-electron chi connectivity index (χ3n) is 5.22. The molecule has 2 aliphatic heterocycles. The van der Waals surface area contributed by atoms with Gasteiger partial charge in [-0.15, -0.1) is 0 Å². The molecule has 2 fully saturated rings. The molecule has 3 unspecified atom stereocenters. The highest BCUT2D eigenvalue weighted by molar-refractivity contribution is 4.98. The minimum atomic E-state index is -0.278. The van der Waals surface area contributed by atoms with Crippen LogP contribution in [0.15, 0.2) is 0 Å². The Morgan fingerprint density at radius 2 is 1.84 bits per heavy atom. The van der Waals surface area contributed by atoms with Crippen LogP contribution in [-0.2, 0) is 9.47 Å². The van der Waals surface area contributed by atoms with E-state index in [-0.39, 0.29) is 11.8 Å². The fourth-order valence-corrected chi connectivity index (χ4v) is 3.75. The van der Waals surface area contributed by atoms with Gasteiger partial charge in [0.1, 0.15) is 0 Å². The van der Waals surface area contributed by atoms with Gasteiger partial charge in [-0.2, -0.15) is 0 Å². The first-order valence-electron chi connectivity index (χ1n) is 7.29. The second kappa shape index (κ2) is 6.06. The van der Waals surface area contributed by atoms with Gasteiger partial charge in [0.25, 0.3) is 0 Å². The maximum atomic E-state index is 6.06. The van der Waals surface area contributed by atoms with Crippen molar-refractivity contribution >= 4 is 0 Å². The number of fused-ring (bicyclic) bond motifs is 2. The van der Waals surface area contributed by atoms with Crippen LogP contribution in [0.2, 0.25) is 0 Å². The molecule has 2 heterocycles. The monoisotopic (exact) mass is 271 g/mol. The molecule has 0 amide bonds. The zero-order chi connectivity index (χ0) is 14.0. The third kappa shape index (κ3) is 2.67. The predicted molar refractivity (Wildman–Crippen MR) is 76.0 cm³/mol. The molecule has 2 saturated heterocycles. The number of nitrogens with two attached hydrogens (primary N) is 1. The SMILES string of the molecule is COC(OC)C(C)(CN)N1CCC2CCC(C1)N2C. The molecule has 0 aliphatic carbocycles. The summed E-state index contributed by atoms with van der Waals surface area (Å²) < 4.78 is 11.0. The topological polar surface area (TPSA) is 51.0 Å². The molecular formula is C14H29N3O2. The van der Waals surface area contributed by atoms with Crippen molar-refractivity contribution < 1.29 is 9.47 Å². The van der Waals surface area contributed by atoms with Crippen LogP contribution >= 0.6 is 0 Å². The van der Waals surface area contributed by atoms with E-state index in [0.717, 1.165) is 19.1 Å². The average Bonchev–Trinajstić information content (AvgIpc) is 2.64. The van der Waals surface area contributed by atoms with E-state index in [2.05, 4.69) is 23.8 Å². The molecule has 0 radical (unpaired) electrons. The summed E-state index contributed by atoms with van der Waals surface area (Å²) in [6, 6.07) is 1.38. The quantitative estimate of drug-likeness (QED) is 0.738. The van der Waals surface area contributed by atoms with Gasteiger partial charge < -0.3 is 15.2 Å². The van der Waals surface area contributed by atoms with Crippen LogP contribution in [0.1, 0.15) is 26.2 Å². The summed E-state index contributed by atoms with van der Waals surface area (Å²) in [5, 5.41) is 0. The molecule has 0 aromatic rings. The summed E-state index contributed by atoms with van der Waals surface area (Å²) in [5.41, 5.74) is 5.80. The van der Waals surface area contributed by atoms with Crippen molar-refractivity contribution in [3.8, 4) is 0 Å². The van der Waals surface area contributed by atoms with Crippen LogP contribution in [0, 0.1) is 0 Å². The zero-order valence-electron chi connectivity index (χ0n) is 12.8. The van der Waals surface area contributed by atoms with Gasteiger partial charge in [0.2, 0.25) is 0 Å². The molecule has 2 bridgehead atoms. The summed E-state index contributed by atoms with van der Waals surface area (Å²) in [6.07, 6.45) is 3.57. The van der Waals surface area contributed by atoms with Gasteiger partial charge >= 0.3 is 0 Å². The molecule has 0 spiro atoms. The third-order valence-corrected chi connectivity index (χ3v) is 5.22. The second-order valence-electron chi connectivity index (χ2n) is 6.15. The van der Waals surface area contributed by atoms with E-state index in [0.29, 0.717) is 12.6 Å². The van der Waals surface area contributed by atoms with Gasteiger partial charge in [0.15, 0.2) is 6.29 Å².